The minimum absolute atomic E-state index is 0.334. The molecule has 0 bridgehead atoms. The van der Waals surface area contributed by atoms with Crippen molar-refractivity contribution in [3.05, 3.63) is 66.2 Å². The summed E-state index contributed by atoms with van der Waals surface area (Å²) >= 11 is -0.334. The normalized spacial score (nSPS) is 11.8. The molecule has 88 valence electrons. The van der Waals surface area contributed by atoms with Crippen LogP contribution in [0.1, 0.15) is 21.6 Å². The first-order chi connectivity index (χ1) is 8.85. The van der Waals surface area contributed by atoms with Gasteiger partial charge in [0.1, 0.15) is 0 Å². The summed E-state index contributed by atoms with van der Waals surface area (Å²) in [5.41, 5.74) is 5.91. The van der Waals surface area contributed by atoms with Gasteiger partial charge in [-0.25, -0.2) is 0 Å². The molecule has 1 heterocycles. The number of aldehydes is 1. The fraction of sp³-hybridized carbons (Fsp3) is 0. The third-order valence-corrected chi connectivity index (χ3v) is 5.02. The third-order valence-electron chi connectivity index (χ3n) is 2.57. The van der Waals surface area contributed by atoms with Gasteiger partial charge >= 0.3 is 116 Å². The second kappa shape index (κ2) is 4.88. The number of nitrogens with zero attached hydrogens (tertiary/aromatic N) is 1. The second-order valence-corrected chi connectivity index (χ2v) is 6.72. The van der Waals surface area contributed by atoms with Gasteiger partial charge < -0.3 is 0 Å². The van der Waals surface area contributed by atoms with Crippen molar-refractivity contribution >= 4 is 18.4 Å². The van der Waals surface area contributed by atoms with Gasteiger partial charge in [0.05, 0.1) is 0 Å². The first kappa shape index (κ1) is 11.4. The molecule has 1 aliphatic carbocycles. The van der Waals surface area contributed by atoms with Gasteiger partial charge in [-0.05, 0) is 0 Å². The molecule has 0 saturated heterocycles. The van der Waals surface area contributed by atoms with Crippen LogP contribution in [0, 0.1) is 7.27 Å². The number of rotatable bonds is 3. The molecule has 0 atom stereocenters. The van der Waals surface area contributed by atoms with Gasteiger partial charge in [0.15, 0.2) is 0 Å². The molecule has 0 saturated carbocycles. The van der Waals surface area contributed by atoms with Crippen molar-refractivity contribution in [1.82, 2.24) is 4.98 Å². The summed E-state index contributed by atoms with van der Waals surface area (Å²) in [6, 6.07) is 11.9. The number of pyridine rings is 1. The molecule has 1 aromatic heterocycles. The Hall–Kier alpha value is -1.71. The minimum atomic E-state index is -0.334. The molecule has 1 aliphatic rings. The molecular formula is C15H9INO-. The summed E-state index contributed by atoms with van der Waals surface area (Å²) in [6.45, 7) is 0. The molecule has 1 aromatic carbocycles. The van der Waals surface area contributed by atoms with Gasteiger partial charge in [0.2, 0.25) is 0 Å². The number of carbonyl (C=O) groups is 1. The van der Waals surface area contributed by atoms with Crippen LogP contribution in [0.5, 0.6) is 0 Å². The van der Waals surface area contributed by atoms with Crippen LogP contribution in [0.2, 0.25) is 0 Å². The Morgan fingerprint density at radius 3 is 3.00 bits per heavy atom. The van der Waals surface area contributed by atoms with E-state index in [0.29, 0.717) is 0 Å². The molecule has 0 N–H and O–H groups in total. The maximum atomic E-state index is 10.7. The van der Waals surface area contributed by atoms with Crippen molar-refractivity contribution in [2.45, 2.75) is 0 Å². The number of fused-ring (bicyclic) bond motifs is 1. The van der Waals surface area contributed by atoms with E-state index >= 15 is 0 Å². The van der Waals surface area contributed by atoms with E-state index < -0.39 is 0 Å². The SMILES string of the molecule is O=Cc1cccc([I-]c2ccc3c(n2)C=C=C3)c1. The van der Waals surface area contributed by atoms with Crippen molar-refractivity contribution in [2.75, 3.05) is 0 Å². The van der Waals surface area contributed by atoms with Crippen LogP contribution >= 0.6 is 0 Å². The zero-order valence-corrected chi connectivity index (χ0v) is 11.6. The monoisotopic (exact) mass is 346 g/mol. The fourth-order valence-electron chi connectivity index (χ4n) is 1.71. The molecule has 3 rings (SSSR count). The number of aromatic nitrogens is 1. The molecular weight excluding hydrogens is 337 g/mol. The van der Waals surface area contributed by atoms with Gasteiger partial charge in [-0.2, -0.15) is 0 Å². The van der Waals surface area contributed by atoms with Gasteiger partial charge in [-0.1, -0.05) is 0 Å². The van der Waals surface area contributed by atoms with E-state index in [1.165, 1.54) is 3.57 Å². The zero-order chi connectivity index (χ0) is 12.4. The van der Waals surface area contributed by atoms with Crippen molar-refractivity contribution < 1.29 is 26.0 Å². The van der Waals surface area contributed by atoms with E-state index in [-0.39, 0.29) is 21.2 Å². The molecule has 0 spiro atoms. The maximum absolute atomic E-state index is 10.7. The van der Waals surface area contributed by atoms with Gasteiger partial charge in [0, 0.05) is 0 Å². The quantitative estimate of drug-likeness (QED) is 0.281. The molecule has 3 heteroatoms. The second-order valence-electron chi connectivity index (χ2n) is 3.83. The van der Waals surface area contributed by atoms with E-state index in [9.17, 15) is 4.79 Å². The summed E-state index contributed by atoms with van der Waals surface area (Å²) < 4.78 is 2.32. The summed E-state index contributed by atoms with van der Waals surface area (Å²) in [6.07, 6.45) is 4.73. The topological polar surface area (TPSA) is 30.0 Å². The summed E-state index contributed by atoms with van der Waals surface area (Å²) in [7, 11) is 0. The Kier molecular flexibility index (Phi) is 3.09. The van der Waals surface area contributed by atoms with Crippen LogP contribution in [0.15, 0.2) is 42.1 Å². The van der Waals surface area contributed by atoms with Crippen molar-refractivity contribution in [3.63, 3.8) is 0 Å². The van der Waals surface area contributed by atoms with E-state index in [4.69, 9.17) is 0 Å². The molecule has 18 heavy (non-hydrogen) atoms. The summed E-state index contributed by atoms with van der Waals surface area (Å²) in [5.74, 6) is 0. The predicted octanol–water partition coefficient (Wildman–Crippen LogP) is -0.339. The van der Waals surface area contributed by atoms with Crippen LogP contribution in [0.3, 0.4) is 0 Å². The van der Waals surface area contributed by atoms with E-state index in [2.05, 4.69) is 28.9 Å². The number of hydrogen-bond acceptors (Lipinski definition) is 2. The number of carbonyl (C=O) groups excluding carboxylic acids is 1. The van der Waals surface area contributed by atoms with Crippen LogP contribution in [0.25, 0.3) is 12.2 Å². The van der Waals surface area contributed by atoms with Crippen molar-refractivity contribution in [1.29, 1.82) is 0 Å². The predicted molar refractivity (Wildman–Crippen MR) is 65.9 cm³/mol. The van der Waals surface area contributed by atoms with Crippen LogP contribution in [0.4, 0.5) is 0 Å². The average Bonchev–Trinajstić information content (AvgIpc) is 2.86. The molecule has 2 aromatic rings. The van der Waals surface area contributed by atoms with E-state index in [1.807, 2.05) is 30.4 Å². The number of benzene rings is 1. The van der Waals surface area contributed by atoms with Gasteiger partial charge in [0.25, 0.3) is 0 Å². The zero-order valence-electron chi connectivity index (χ0n) is 9.43. The van der Waals surface area contributed by atoms with Crippen molar-refractivity contribution in [2.24, 2.45) is 0 Å². The molecule has 0 radical (unpaired) electrons. The Morgan fingerprint density at radius 1 is 1.17 bits per heavy atom. The van der Waals surface area contributed by atoms with Crippen LogP contribution in [-0.2, 0) is 0 Å². The number of hydrogen-bond donors (Lipinski definition) is 0. The fourth-order valence-corrected chi connectivity index (χ4v) is 3.99. The summed E-state index contributed by atoms with van der Waals surface area (Å²) in [4.78, 5) is 15.4. The Balaban J connectivity index is 1.88. The molecule has 0 amide bonds. The van der Waals surface area contributed by atoms with Crippen LogP contribution < -0.4 is 21.2 Å². The Bertz CT molecular complexity index is 685. The Labute approximate surface area is 115 Å². The van der Waals surface area contributed by atoms with E-state index in [0.717, 1.165) is 26.8 Å². The number of halogens is 1. The molecule has 0 aliphatic heterocycles. The van der Waals surface area contributed by atoms with Crippen LogP contribution in [-0.4, -0.2) is 11.3 Å². The van der Waals surface area contributed by atoms with Crippen molar-refractivity contribution in [3.8, 4) is 0 Å². The third kappa shape index (κ3) is 2.28. The molecule has 0 unspecified atom stereocenters. The standard InChI is InChI=1S/C15H9INO/c18-10-11-3-1-5-13(9-11)16-15-8-7-12-4-2-6-14(12)17-15/h1,3-10H/q-1. The van der Waals surface area contributed by atoms with Gasteiger partial charge in [-0.3, -0.25) is 0 Å². The molecule has 2 nitrogen and oxygen atoms in total. The van der Waals surface area contributed by atoms with Gasteiger partial charge in [-0.15, -0.1) is 0 Å². The summed E-state index contributed by atoms with van der Waals surface area (Å²) in [5, 5.41) is 0. The average molecular weight is 346 g/mol. The first-order valence-electron chi connectivity index (χ1n) is 5.49. The first-order valence-corrected chi connectivity index (χ1v) is 7.64. The van der Waals surface area contributed by atoms with E-state index in [1.54, 1.807) is 0 Å². The molecule has 0 fully saturated rings. The Morgan fingerprint density at radius 2 is 2.11 bits per heavy atom.